The molecule has 5 nitrogen and oxygen atoms in total. The third-order valence-corrected chi connectivity index (χ3v) is 2.80. The zero-order chi connectivity index (χ0) is 15.0. The van der Waals surface area contributed by atoms with Crippen molar-refractivity contribution in [3.8, 4) is 5.75 Å². The highest BCUT2D eigenvalue weighted by molar-refractivity contribution is 5.95. The van der Waals surface area contributed by atoms with E-state index in [9.17, 15) is 4.79 Å². The summed E-state index contributed by atoms with van der Waals surface area (Å²) in [6.07, 6.45) is 0.749. The SMILES string of the molecule is COc1ccccc1N(CCCN)C(=O)COC(C)C. The summed E-state index contributed by atoms with van der Waals surface area (Å²) in [5, 5.41) is 0. The van der Waals surface area contributed by atoms with Crippen molar-refractivity contribution in [1.29, 1.82) is 0 Å². The molecular weight excluding hydrogens is 256 g/mol. The topological polar surface area (TPSA) is 64.8 Å². The minimum atomic E-state index is -0.0864. The minimum Gasteiger partial charge on any atom is -0.495 e. The van der Waals surface area contributed by atoms with E-state index < -0.39 is 0 Å². The van der Waals surface area contributed by atoms with Gasteiger partial charge in [-0.3, -0.25) is 4.79 Å². The van der Waals surface area contributed by atoms with E-state index in [1.165, 1.54) is 0 Å². The molecule has 0 radical (unpaired) electrons. The van der Waals surface area contributed by atoms with Gasteiger partial charge in [0, 0.05) is 6.54 Å². The van der Waals surface area contributed by atoms with Crippen LogP contribution in [0.1, 0.15) is 20.3 Å². The number of hydrogen-bond donors (Lipinski definition) is 1. The fraction of sp³-hybridized carbons (Fsp3) is 0.533. The van der Waals surface area contributed by atoms with Gasteiger partial charge < -0.3 is 20.1 Å². The lowest BCUT2D eigenvalue weighted by Crippen LogP contribution is -2.36. The Hall–Kier alpha value is -1.59. The average Bonchev–Trinajstić information content (AvgIpc) is 2.45. The summed E-state index contributed by atoms with van der Waals surface area (Å²) in [7, 11) is 1.59. The molecule has 20 heavy (non-hydrogen) atoms. The van der Waals surface area contributed by atoms with Gasteiger partial charge in [0.1, 0.15) is 12.4 Å². The quantitative estimate of drug-likeness (QED) is 0.788. The highest BCUT2D eigenvalue weighted by atomic mass is 16.5. The predicted octanol–water partition coefficient (Wildman–Crippen LogP) is 1.80. The first-order valence-electron chi connectivity index (χ1n) is 6.85. The minimum absolute atomic E-state index is 0.0213. The molecule has 0 spiro atoms. The Morgan fingerprint density at radius 2 is 2.05 bits per heavy atom. The molecule has 2 N–H and O–H groups in total. The van der Waals surface area contributed by atoms with Gasteiger partial charge >= 0.3 is 0 Å². The molecule has 1 aromatic rings. The van der Waals surface area contributed by atoms with Crippen molar-refractivity contribution in [2.45, 2.75) is 26.4 Å². The molecule has 0 atom stereocenters. The Kier molecular flexibility index (Phi) is 7.04. The van der Waals surface area contributed by atoms with Crippen LogP contribution in [0.25, 0.3) is 0 Å². The van der Waals surface area contributed by atoms with Gasteiger partial charge in [-0.15, -0.1) is 0 Å². The summed E-state index contributed by atoms with van der Waals surface area (Å²) in [6.45, 7) is 4.95. The van der Waals surface area contributed by atoms with Crippen molar-refractivity contribution in [3.05, 3.63) is 24.3 Å². The number of nitrogens with two attached hydrogens (primary N) is 1. The van der Waals surface area contributed by atoms with Crippen molar-refractivity contribution in [3.63, 3.8) is 0 Å². The Balaban J connectivity index is 2.90. The number of anilines is 1. The van der Waals surface area contributed by atoms with Gasteiger partial charge in [-0.1, -0.05) is 12.1 Å². The molecule has 0 bridgehead atoms. The van der Waals surface area contributed by atoms with Crippen LogP contribution in [0.15, 0.2) is 24.3 Å². The molecule has 0 saturated carbocycles. The number of amides is 1. The van der Waals surface area contributed by atoms with E-state index in [1.54, 1.807) is 12.0 Å². The number of ether oxygens (including phenoxy) is 2. The summed E-state index contributed by atoms with van der Waals surface area (Å²) in [4.78, 5) is 14.0. The fourth-order valence-electron chi connectivity index (χ4n) is 1.80. The van der Waals surface area contributed by atoms with E-state index >= 15 is 0 Å². The van der Waals surface area contributed by atoms with Gasteiger partial charge in [-0.05, 0) is 38.9 Å². The molecule has 0 saturated heterocycles. The Labute approximate surface area is 120 Å². The van der Waals surface area contributed by atoms with Gasteiger partial charge in [0.25, 0.3) is 5.91 Å². The highest BCUT2D eigenvalue weighted by Gasteiger charge is 2.19. The Morgan fingerprint density at radius 3 is 2.65 bits per heavy atom. The third-order valence-electron chi connectivity index (χ3n) is 2.80. The van der Waals surface area contributed by atoms with Gasteiger partial charge in [-0.2, -0.15) is 0 Å². The summed E-state index contributed by atoms with van der Waals surface area (Å²) >= 11 is 0. The van der Waals surface area contributed by atoms with Crippen LogP contribution in [-0.2, 0) is 9.53 Å². The summed E-state index contributed by atoms with van der Waals surface area (Å²) in [5.74, 6) is 0.582. The number of carbonyl (C=O) groups is 1. The number of carbonyl (C=O) groups excluding carboxylic acids is 1. The van der Waals surface area contributed by atoms with Crippen LogP contribution in [0.5, 0.6) is 5.75 Å². The zero-order valence-corrected chi connectivity index (χ0v) is 12.5. The smallest absolute Gasteiger partial charge is 0.253 e. The second-order valence-electron chi connectivity index (χ2n) is 4.72. The molecule has 1 aromatic carbocycles. The van der Waals surface area contributed by atoms with Crippen LogP contribution < -0.4 is 15.4 Å². The Morgan fingerprint density at radius 1 is 1.35 bits per heavy atom. The van der Waals surface area contributed by atoms with E-state index in [0.717, 1.165) is 12.1 Å². The maximum absolute atomic E-state index is 12.3. The van der Waals surface area contributed by atoms with Gasteiger partial charge in [0.2, 0.25) is 0 Å². The first kappa shape index (κ1) is 16.5. The molecule has 0 aliphatic heterocycles. The normalized spacial score (nSPS) is 10.7. The zero-order valence-electron chi connectivity index (χ0n) is 12.5. The predicted molar refractivity (Wildman–Crippen MR) is 80.1 cm³/mol. The van der Waals surface area contributed by atoms with Crippen LogP contribution in [0, 0.1) is 0 Å². The average molecular weight is 280 g/mol. The maximum atomic E-state index is 12.3. The molecule has 0 aromatic heterocycles. The van der Waals surface area contributed by atoms with Crippen molar-refractivity contribution in [2.24, 2.45) is 5.73 Å². The lowest BCUT2D eigenvalue weighted by atomic mass is 10.2. The fourth-order valence-corrected chi connectivity index (χ4v) is 1.80. The number of nitrogens with zero attached hydrogens (tertiary/aromatic N) is 1. The highest BCUT2D eigenvalue weighted by Crippen LogP contribution is 2.27. The lowest BCUT2D eigenvalue weighted by molar-refractivity contribution is -0.124. The van der Waals surface area contributed by atoms with Crippen molar-refractivity contribution in [1.82, 2.24) is 0 Å². The van der Waals surface area contributed by atoms with Crippen molar-refractivity contribution in [2.75, 3.05) is 31.7 Å². The monoisotopic (exact) mass is 280 g/mol. The Bertz CT molecular complexity index is 421. The van der Waals surface area contributed by atoms with E-state index in [-0.39, 0.29) is 18.6 Å². The van der Waals surface area contributed by atoms with Gasteiger partial charge in [0.05, 0.1) is 18.9 Å². The summed E-state index contributed by atoms with van der Waals surface area (Å²) in [6, 6.07) is 7.45. The van der Waals surface area contributed by atoms with Crippen molar-refractivity contribution >= 4 is 11.6 Å². The largest absolute Gasteiger partial charge is 0.495 e. The summed E-state index contributed by atoms with van der Waals surface area (Å²) in [5.41, 5.74) is 6.30. The standard InChI is InChI=1S/C15H24N2O3/c1-12(2)20-11-15(18)17(10-6-9-16)13-7-4-5-8-14(13)19-3/h4-5,7-8,12H,6,9-11,16H2,1-3H3. The number of benzene rings is 1. The first-order valence-corrected chi connectivity index (χ1v) is 6.85. The van der Waals surface area contributed by atoms with Crippen LogP contribution in [0.2, 0.25) is 0 Å². The molecule has 1 amide bonds. The van der Waals surface area contributed by atoms with E-state index in [4.69, 9.17) is 15.2 Å². The van der Waals surface area contributed by atoms with Crippen LogP contribution in [0.4, 0.5) is 5.69 Å². The summed E-state index contributed by atoms with van der Waals surface area (Å²) < 4.78 is 10.7. The van der Waals surface area contributed by atoms with Gasteiger partial charge in [0.15, 0.2) is 0 Å². The molecule has 0 unspecified atom stereocenters. The van der Waals surface area contributed by atoms with E-state index in [2.05, 4.69) is 0 Å². The second-order valence-corrected chi connectivity index (χ2v) is 4.72. The van der Waals surface area contributed by atoms with E-state index in [1.807, 2.05) is 38.1 Å². The number of hydrogen-bond acceptors (Lipinski definition) is 4. The molecule has 1 rings (SSSR count). The third kappa shape index (κ3) is 4.83. The molecule has 0 heterocycles. The molecule has 5 heteroatoms. The van der Waals surface area contributed by atoms with Crippen molar-refractivity contribution < 1.29 is 14.3 Å². The van der Waals surface area contributed by atoms with Gasteiger partial charge in [-0.25, -0.2) is 0 Å². The molecular formula is C15H24N2O3. The number of para-hydroxylation sites is 2. The number of methoxy groups -OCH3 is 1. The first-order chi connectivity index (χ1) is 9.60. The van der Waals surface area contributed by atoms with E-state index in [0.29, 0.717) is 18.8 Å². The molecule has 0 aliphatic rings. The van der Waals surface area contributed by atoms with Crippen LogP contribution in [0.3, 0.4) is 0 Å². The number of rotatable bonds is 8. The molecule has 0 aliphatic carbocycles. The molecule has 112 valence electrons. The second kappa shape index (κ2) is 8.55. The van der Waals surface area contributed by atoms with Crippen LogP contribution in [-0.4, -0.2) is 38.8 Å². The van der Waals surface area contributed by atoms with Crippen LogP contribution >= 0.6 is 0 Å². The lowest BCUT2D eigenvalue weighted by Gasteiger charge is -2.24. The maximum Gasteiger partial charge on any atom is 0.253 e. The molecule has 0 fully saturated rings.